The monoisotopic (exact) mass is 321 g/mol. The molecule has 120 valence electrons. The molecule has 0 fully saturated rings. The summed E-state index contributed by atoms with van der Waals surface area (Å²) in [6, 6.07) is 14.8. The topological polar surface area (TPSA) is 57.7 Å². The molecule has 1 aromatic heterocycles. The van der Waals surface area contributed by atoms with E-state index in [4.69, 9.17) is 14.2 Å². The zero-order chi connectivity index (χ0) is 16.5. The lowest BCUT2D eigenvalue weighted by molar-refractivity contribution is 0.0337. The number of nitrogens with zero attached hydrogens (tertiary/aromatic N) is 1. The summed E-state index contributed by atoms with van der Waals surface area (Å²) in [5.74, 6) is 0.789. The van der Waals surface area contributed by atoms with Crippen LogP contribution in [0.2, 0.25) is 0 Å². The Morgan fingerprint density at radius 2 is 1.96 bits per heavy atom. The van der Waals surface area contributed by atoms with Crippen molar-refractivity contribution in [3.63, 3.8) is 0 Å². The molecule has 1 unspecified atom stereocenters. The van der Waals surface area contributed by atoms with E-state index < -0.39 is 12.1 Å². The fraction of sp³-hybridized carbons (Fsp3) is 0.158. The maximum atomic E-state index is 12.4. The number of para-hydroxylation sites is 1. The summed E-state index contributed by atoms with van der Waals surface area (Å²) in [7, 11) is 0. The van der Waals surface area contributed by atoms with Gasteiger partial charge in [0.1, 0.15) is 6.10 Å². The van der Waals surface area contributed by atoms with E-state index >= 15 is 0 Å². The maximum Gasteiger partial charge on any atom is 0.338 e. The number of ether oxygens (including phenoxy) is 3. The highest BCUT2D eigenvalue weighted by Gasteiger charge is 2.19. The van der Waals surface area contributed by atoms with Crippen LogP contribution in [0.15, 0.2) is 54.7 Å². The number of rotatable bonds is 3. The van der Waals surface area contributed by atoms with Crippen LogP contribution in [-0.4, -0.2) is 17.7 Å². The van der Waals surface area contributed by atoms with Crippen molar-refractivity contribution in [2.75, 3.05) is 6.79 Å². The number of hydrogen-bond acceptors (Lipinski definition) is 5. The second kappa shape index (κ2) is 5.85. The highest BCUT2D eigenvalue weighted by molar-refractivity contribution is 5.90. The van der Waals surface area contributed by atoms with E-state index in [0.29, 0.717) is 17.1 Å². The Kier molecular flexibility index (Phi) is 3.54. The van der Waals surface area contributed by atoms with Crippen molar-refractivity contribution in [3.8, 4) is 11.5 Å². The van der Waals surface area contributed by atoms with Gasteiger partial charge in [-0.1, -0.05) is 18.2 Å². The second-order valence-electron chi connectivity index (χ2n) is 5.58. The molecule has 1 aliphatic heterocycles. The Balaban J connectivity index is 1.54. The number of pyridine rings is 1. The first-order valence-corrected chi connectivity index (χ1v) is 7.66. The molecular formula is C19H15NO4. The number of carbonyl (C=O) groups is 1. The van der Waals surface area contributed by atoms with Crippen molar-refractivity contribution in [3.05, 3.63) is 65.9 Å². The quantitative estimate of drug-likeness (QED) is 0.685. The van der Waals surface area contributed by atoms with Gasteiger partial charge in [-0.05, 0) is 37.3 Å². The van der Waals surface area contributed by atoms with E-state index in [1.807, 2.05) is 37.3 Å². The van der Waals surface area contributed by atoms with Gasteiger partial charge in [-0.3, -0.25) is 4.98 Å². The molecule has 2 heterocycles. The third-order valence-electron chi connectivity index (χ3n) is 3.97. The van der Waals surface area contributed by atoms with Crippen LogP contribution in [0.1, 0.15) is 28.9 Å². The second-order valence-corrected chi connectivity index (χ2v) is 5.58. The third kappa shape index (κ3) is 2.65. The minimum atomic E-state index is -0.408. The van der Waals surface area contributed by atoms with Gasteiger partial charge in [-0.25, -0.2) is 4.79 Å². The smallest absolute Gasteiger partial charge is 0.338 e. The minimum Gasteiger partial charge on any atom is -0.454 e. The number of benzene rings is 2. The molecular weight excluding hydrogens is 306 g/mol. The standard InChI is InChI=1S/C19H15NO4/c1-12(15-8-13-4-2-3-5-16(13)20-10-15)24-19(21)14-6-7-17-18(9-14)23-11-22-17/h2-10,12H,11H2,1H3. The highest BCUT2D eigenvalue weighted by Crippen LogP contribution is 2.33. The van der Waals surface area contributed by atoms with E-state index in [9.17, 15) is 4.79 Å². The lowest BCUT2D eigenvalue weighted by Crippen LogP contribution is -2.09. The van der Waals surface area contributed by atoms with Crippen molar-refractivity contribution < 1.29 is 19.0 Å². The fourth-order valence-electron chi connectivity index (χ4n) is 2.63. The first kappa shape index (κ1) is 14.5. The Morgan fingerprint density at radius 3 is 2.88 bits per heavy atom. The normalized spacial score (nSPS) is 13.7. The third-order valence-corrected chi connectivity index (χ3v) is 3.97. The van der Waals surface area contributed by atoms with Gasteiger partial charge in [0.15, 0.2) is 11.5 Å². The van der Waals surface area contributed by atoms with E-state index in [1.54, 1.807) is 24.4 Å². The molecule has 2 aromatic carbocycles. The van der Waals surface area contributed by atoms with Gasteiger partial charge >= 0.3 is 5.97 Å². The molecule has 0 N–H and O–H groups in total. The van der Waals surface area contributed by atoms with Gasteiger partial charge < -0.3 is 14.2 Å². The number of aromatic nitrogens is 1. The van der Waals surface area contributed by atoms with E-state index in [2.05, 4.69) is 4.98 Å². The summed E-state index contributed by atoms with van der Waals surface area (Å²) >= 11 is 0. The summed E-state index contributed by atoms with van der Waals surface area (Å²) in [5, 5.41) is 1.01. The molecule has 0 amide bonds. The molecule has 5 heteroatoms. The Labute approximate surface area is 138 Å². The SMILES string of the molecule is CC(OC(=O)c1ccc2c(c1)OCO2)c1cnc2ccccc2c1. The molecule has 0 aliphatic carbocycles. The molecule has 0 saturated heterocycles. The summed E-state index contributed by atoms with van der Waals surface area (Å²) in [4.78, 5) is 16.8. The van der Waals surface area contributed by atoms with Crippen molar-refractivity contribution in [1.82, 2.24) is 4.98 Å². The lowest BCUT2D eigenvalue weighted by atomic mass is 10.1. The van der Waals surface area contributed by atoms with Crippen molar-refractivity contribution in [2.45, 2.75) is 13.0 Å². The van der Waals surface area contributed by atoms with Crippen LogP contribution >= 0.6 is 0 Å². The van der Waals surface area contributed by atoms with Gasteiger partial charge in [-0.2, -0.15) is 0 Å². The average molecular weight is 321 g/mol. The van der Waals surface area contributed by atoms with Crippen LogP contribution in [0, 0.1) is 0 Å². The van der Waals surface area contributed by atoms with Crippen LogP contribution in [0.4, 0.5) is 0 Å². The molecule has 0 radical (unpaired) electrons. The van der Waals surface area contributed by atoms with Crippen LogP contribution in [0.5, 0.6) is 11.5 Å². The molecule has 5 nitrogen and oxygen atoms in total. The largest absolute Gasteiger partial charge is 0.454 e. The molecule has 1 aliphatic rings. The molecule has 0 bridgehead atoms. The Bertz CT molecular complexity index is 922. The van der Waals surface area contributed by atoms with E-state index in [0.717, 1.165) is 16.5 Å². The van der Waals surface area contributed by atoms with Crippen LogP contribution in [-0.2, 0) is 4.74 Å². The van der Waals surface area contributed by atoms with Crippen LogP contribution in [0.3, 0.4) is 0 Å². The summed E-state index contributed by atoms with van der Waals surface area (Å²) in [5.41, 5.74) is 2.19. The molecule has 0 saturated carbocycles. The first-order valence-electron chi connectivity index (χ1n) is 7.66. The fourth-order valence-corrected chi connectivity index (χ4v) is 2.63. The molecule has 24 heavy (non-hydrogen) atoms. The van der Waals surface area contributed by atoms with Gasteiger partial charge in [0.25, 0.3) is 0 Å². The summed E-state index contributed by atoms with van der Waals surface area (Å²) in [6.07, 6.45) is 1.33. The number of fused-ring (bicyclic) bond motifs is 2. The number of carbonyl (C=O) groups excluding carboxylic acids is 1. The van der Waals surface area contributed by atoms with Gasteiger partial charge in [0.2, 0.25) is 6.79 Å². The van der Waals surface area contributed by atoms with Crippen molar-refractivity contribution in [2.24, 2.45) is 0 Å². The first-order chi connectivity index (χ1) is 11.7. The zero-order valence-electron chi connectivity index (χ0n) is 13.1. The molecule has 0 spiro atoms. The Hall–Kier alpha value is -3.08. The minimum absolute atomic E-state index is 0.174. The van der Waals surface area contributed by atoms with E-state index in [1.165, 1.54) is 0 Å². The van der Waals surface area contributed by atoms with Crippen molar-refractivity contribution >= 4 is 16.9 Å². The molecule has 3 aromatic rings. The number of esters is 1. The lowest BCUT2D eigenvalue weighted by Gasteiger charge is -2.14. The predicted molar refractivity (Wildman–Crippen MR) is 88.1 cm³/mol. The highest BCUT2D eigenvalue weighted by atomic mass is 16.7. The molecule has 4 rings (SSSR count). The summed E-state index contributed by atoms with van der Waals surface area (Å²) in [6.45, 7) is 2.00. The van der Waals surface area contributed by atoms with Gasteiger partial charge in [0, 0.05) is 17.1 Å². The molecule has 1 atom stereocenters. The zero-order valence-corrected chi connectivity index (χ0v) is 13.1. The van der Waals surface area contributed by atoms with E-state index in [-0.39, 0.29) is 6.79 Å². The predicted octanol–water partition coefficient (Wildman–Crippen LogP) is 3.88. The average Bonchev–Trinajstić information content (AvgIpc) is 3.08. The number of hydrogen-bond donors (Lipinski definition) is 0. The Morgan fingerprint density at radius 1 is 1.12 bits per heavy atom. The maximum absolute atomic E-state index is 12.4. The van der Waals surface area contributed by atoms with Gasteiger partial charge in [-0.15, -0.1) is 0 Å². The van der Waals surface area contributed by atoms with Crippen molar-refractivity contribution in [1.29, 1.82) is 0 Å². The van der Waals surface area contributed by atoms with Gasteiger partial charge in [0.05, 0.1) is 11.1 Å². The summed E-state index contributed by atoms with van der Waals surface area (Å²) < 4.78 is 16.1. The van der Waals surface area contributed by atoms with Crippen LogP contribution < -0.4 is 9.47 Å². The van der Waals surface area contributed by atoms with Crippen LogP contribution in [0.25, 0.3) is 10.9 Å².